The molecule has 1 atom stereocenters. The van der Waals surface area contributed by atoms with Crippen molar-refractivity contribution in [1.29, 1.82) is 0 Å². The number of amides is 1. The maximum Gasteiger partial charge on any atom is 0.435 e. The fourth-order valence-corrected chi connectivity index (χ4v) is 6.47. The van der Waals surface area contributed by atoms with E-state index >= 15 is 0 Å². The predicted molar refractivity (Wildman–Crippen MR) is 135 cm³/mol. The summed E-state index contributed by atoms with van der Waals surface area (Å²) in [5, 5.41) is 5.58. The number of hydrogen-bond acceptors (Lipinski definition) is 5. The molecule has 0 bridgehead atoms. The van der Waals surface area contributed by atoms with Crippen molar-refractivity contribution in [2.24, 2.45) is 0 Å². The molecule has 2 aromatic carbocycles. The van der Waals surface area contributed by atoms with Crippen molar-refractivity contribution < 1.29 is 18.0 Å². The van der Waals surface area contributed by atoms with E-state index in [9.17, 15) is 18.0 Å². The fraction of sp³-hybridized carbons (Fsp3) is 0.308. The van der Waals surface area contributed by atoms with Gasteiger partial charge in [-0.05, 0) is 50.0 Å². The molecule has 0 aliphatic carbocycles. The zero-order valence-corrected chi connectivity index (χ0v) is 20.7. The smallest absolute Gasteiger partial charge is 0.345 e. The van der Waals surface area contributed by atoms with Gasteiger partial charge in [0, 0.05) is 27.6 Å². The van der Waals surface area contributed by atoms with Gasteiger partial charge in [-0.15, -0.1) is 22.7 Å². The minimum absolute atomic E-state index is 0.195. The van der Waals surface area contributed by atoms with E-state index < -0.39 is 28.7 Å². The van der Waals surface area contributed by atoms with E-state index in [1.807, 2.05) is 48.5 Å². The van der Waals surface area contributed by atoms with E-state index in [0.717, 1.165) is 52.2 Å². The van der Waals surface area contributed by atoms with Crippen LogP contribution in [0, 0.1) is 0 Å². The number of alkyl halides is 3. The summed E-state index contributed by atoms with van der Waals surface area (Å²) in [5.74, 6) is -0.766. The first-order chi connectivity index (χ1) is 16.8. The van der Waals surface area contributed by atoms with Gasteiger partial charge in [-0.25, -0.2) is 4.98 Å². The normalized spacial score (nSPS) is 15.5. The minimum Gasteiger partial charge on any atom is -0.345 e. The first-order valence-corrected chi connectivity index (χ1v) is 13.2. The third kappa shape index (κ3) is 5.12. The Morgan fingerprint density at radius 3 is 2.69 bits per heavy atom. The number of thiophene rings is 1. The number of nitrogens with zero attached hydrogens (tertiary/aromatic N) is 2. The molecule has 0 radical (unpaired) electrons. The Labute approximate surface area is 209 Å². The average Bonchev–Trinajstić information content (AvgIpc) is 3.58. The Hall–Kier alpha value is -2.75. The number of carbonyl (C=O) groups excluding carboxylic acids is 1. The van der Waals surface area contributed by atoms with E-state index in [1.165, 1.54) is 24.2 Å². The molecular weight excluding hydrogens is 491 g/mol. The van der Waals surface area contributed by atoms with Crippen LogP contribution in [0.5, 0.6) is 0 Å². The molecule has 1 amide bonds. The van der Waals surface area contributed by atoms with Crippen LogP contribution in [-0.2, 0) is 12.7 Å². The highest BCUT2D eigenvalue weighted by molar-refractivity contribution is 7.20. The lowest BCUT2D eigenvalue weighted by Gasteiger charge is -2.18. The molecule has 4 aromatic rings. The van der Waals surface area contributed by atoms with E-state index in [1.54, 1.807) is 12.3 Å². The van der Waals surface area contributed by atoms with Crippen LogP contribution in [-0.4, -0.2) is 28.9 Å². The summed E-state index contributed by atoms with van der Waals surface area (Å²) in [6, 6.07) is 14.9. The highest BCUT2D eigenvalue weighted by Crippen LogP contribution is 2.41. The molecule has 9 heteroatoms. The monoisotopic (exact) mass is 515 g/mol. The highest BCUT2D eigenvalue weighted by Gasteiger charge is 2.40. The minimum atomic E-state index is -4.73. The van der Waals surface area contributed by atoms with Crippen LogP contribution < -0.4 is 5.32 Å². The number of fused-ring (bicyclic) bond motifs is 1. The zero-order valence-electron chi connectivity index (χ0n) is 19.1. The summed E-state index contributed by atoms with van der Waals surface area (Å²) in [4.78, 5) is 18.9. The third-order valence-corrected chi connectivity index (χ3v) is 8.27. The third-order valence-electron chi connectivity index (χ3n) is 6.22. The summed E-state index contributed by atoms with van der Waals surface area (Å²) in [7, 11) is 0. The topological polar surface area (TPSA) is 45.2 Å². The van der Waals surface area contributed by atoms with Gasteiger partial charge in [0.25, 0.3) is 5.91 Å². The summed E-state index contributed by atoms with van der Waals surface area (Å²) in [6.07, 6.45) is -2.33. The van der Waals surface area contributed by atoms with Crippen molar-refractivity contribution in [2.45, 2.75) is 38.5 Å². The van der Waals surface area contributed by atoms with Gasteiger partial charge in [-0.3, -0.25) is 9.69 Å². The molecular formula is C26H24F3N3OS2. The van der Waals surface area contributed by atoms with Gasteiger partial charge >= 0.3 is 6.18 Å². The Balaban J connectivity index is 1.40. The van der Waals surface area contributed by atoms with Gasteiger partial charge in [0.15, 0.2) is 5.69 Å². The van der Waals surface area contributed by atoms with Crippen LogP contribution in [0.4, 0.5) is 13.2 Å². The Kier molecular flexibility index (Phi) is 6.65. The van der Waals surface area contributed by atoms with E-state index in [-0.39, 0.29) is 5.01 Å². The summed E-state index contributed by atoms with van der Waals surface area (Å²) in [5.41, 5.74) is 1.46. The van der Waals surface area contributed by atoms with Crippen molar-refractivity contribution in [3.63, 3.8) is 0 Å². The van der Waals surface area contributed by atoms with Crippen LogP contribution >= 0.6 is 22.7 Å². The van der Waals surface area contributed by atoms with Crippen molar-refractivity contribution in [3.8, 4) is 10.6 Å². The van der Waals surface area contributed by atoms with Gasteiger partial charge in [0.1, 0.15) is 9.88 Å². The molecule has 1 unspecified atom stereocenters. The maximum atomic E-state index is 13.8. The molecule has 35 heavy (non-hydrogen) atoms. The summed E-state index contributed by atoms with van der Waals surface area (Å²) in [6.45, 7) is 4.77. The van der Waals surface area contributed by atoms with Crippen LogP contribution in [0.3, 0.4) is 0 Å². The molecule has 182 valence electrons. The molecule has 1 saturated heterocycles. The summed E-state index contributed by atoms with van der Waals surface area (Å²) < 4.78 is 42.5. The molecule has 1 fully saturated rings. The molecule has 1 aliphatic rings. The molecule has 0 saturated carbocycles. The summed E-state index contributed by atoms with van der Waals surface area (Å²) >= 11 is 2.23. The van der Waals surface area contributed by atoms with Gasteiger partial charge in [-0.2, -0.15) is 13.2 Å². The molecule has 1 N–H and O–H groups in total. The number of hydrogen-bond donors (Lipinski definition) is 1. The van der Waals surface area contributed by atoms with Crippen LogP contribution in [0.25, 0.3) is 20.7 Å². The van der Waals surface area contributed by atoms with E-state index in [4.69, 9.17) is 0 Å². The number of aromatic nitrogens is 1. The Morgan fingerprint density at radius 1 is 1.14 bits per heavy atom. The standard InChI is InChI=1S/C26H24F3N3OS2/c1-16(18-8-6-7-17(13-18)14-32-11-4-5-12-32)30-24(33)22-23(26(27,28)29)31-25(35-22)20-15-34-21-10-3-2-9-19(20)21/h2-3,6-10,13,15-16H,4-5,11-12,14H2,1H3,(H,30,33). The van der Waals surface area contributed by atoms with Gasteiger partial charge in [0.2, 0.25) is 0 Å². The van der Waals surface area contributed by atoms with Crippen LogP contribution in [0.1, 0.15) is 52.3 Å². The van der Waals surface area contributed by atoms with E-state index in [2.05, 4.69) is 15.2 Å². The number of rotatable bonds is 6. The SMILES string of the molecule is CC(NC(=O)c1sc(-c2csc3ccccc23)nc1C(F)(F)F)c1cccc(CN2CCCC2)c1. The Bertz CT molecular complexity index is 1360. The largest absolute Gasteiger partial charge is 0.435 e. The van der Waals surface area contributed by atoms with Gasteiger partial charge in [-0.1, -0.05) is 42.5 Å². The Morgan fingerprint density at radius 2 is 1.91 bits per heavy atom. The number of carbonyl (C=O) groups is 1. The van der Waals surface area contributed by atoms with Crippen molar-refractivity contribution in [2.75, 3.05) is 13.1 Å². The van der Waals surface area contributed by atoms with Gasteiger partial charge < -0.3 is 5.32 Å². The lowest BCUT2D eigenvalue weighted by atomic mass is 10.0. The van der Waals surface area contributed by atoms with Crippen LogP contribution in [0.15, 0.2) is 53.9 Å². The molecule has 2 aromatic heterocycles. The number of halogens is 3. The molecule has 5 rings (SSSR count). The first kappa shape index (κ1) is 24.0. The maximum absolute atomic E-state index is 13.8. The first-order valence-electron chi connectivity index (χ1n) is 11.5. The van der Waals surface area contributed by atoms with Gasteiger partial charge in [0.05, 0.1) is 6.04 Å². The number of thiazole rings is 1. The van der Waals surface area contributed by atoms with E-state index in [0.29, 0.717) is 5.56 Å². The second-order valence-electron chi connectivity index (χ2n) is 8.76. The molecule has 1 aliphatic heterocycles. The lowest BCUT2D eigenvalue weighted by molar-refractivity contribution is -0.141. The van der Waals surface area contributed by atoms with Crippen LogP contribution in [0.2, 0.25) is 0 Å². The number of benzene rings is 2. The quantitative estimate of drug-likeness (QED) is 0.297. The lowest BCUT2D eigenvalue weighted by Crippen LogP contribution is -2.28. The fourth-order valence-electron chi connectivity index (χ4n) is 4.43. The second kappa shape index (κ2) is 9.72. The number of likely N-dealkylation sites (tertiary alicyclic amines) is 1. The second-order valence-corrected chi connectivity index (χ2v) is 10.7. The number of nitrogens with one attached hydrogen (secondary N) is 1. The molecule has 3 heterocycles. The average molecular weight is 516 g/mol. The van der Waals surface area contributed by atoms with Crippen molar-refractivity contribution >= 4 is 38.7 Å². The predicted octanol–water partition coefficient (Wildman–Crippen LogP) is 7.13. The zero-order chi connectivity index (χ0) is 24.6. The van der Waals surface area contributed by atoms with Crippen molar-refractivity contribution in [3.05, 3.63) is 75.6 Å². The van der Waals surface area contributed by atoms with Crippen molar-refractivity contribution in [1.82, 2.24) is 15.2 Å². The highest BCUT2D eigenvalue weighted by atomic mass is 32.1. The molecule has 0 spiro atoms. The molecule has 4 nitrogen and oxygen atoms in total.